The molecule has 2 unspecified atom stereocenters. The van der Waals surface area contributed by atoms with Gasteiger partial charge in [-0.25, -0.2) is 4.39 Å². The number of hydrogen-bond donors (Lipinski definition) is 1. The monoisotopic (exact) mass is 341 g/mol. The summed E-state index contributed by atoms with van der Waals surface area (Å²) in [5.41, 5.74) is 0.232. The highest BCUT2D eigenvalue weighted by Gasteiger charge is 2.57. The van der Waals surface area contributed by atoms with Crippen LogP contribution >= 0.6 is 15.9 Å². The molecule has 1 aromatic rings. The largest absolute Gasteiger partial charge is 0.487 e. The van der Waals surface area contributed by atoms with Crippen LogP contribution in [0.15, 0.2) is 22.7 Å². The summed E-state index contributed by atoms with van der Waals surface area (Å²) in [6.07, 6.45) is 6.09. The quantitative estimate of drug-likeness (QED) is 0.882. The summed E-state index contributed by atoms with van der Waals surface area (Å²) in [5, 5.41) is 3.57. The lowest BCUT2D eigenvalue weighted by molar-refractivity contribution is -0.0770. The Balaban J connectivity index is 1.74. The average Bonchev–Trinajstić information content (AvgIpc) is 2.92. The Morgan fingerprint density at radius 1 is 1.40 bits per heavy atom. The van der Waals surface area contributed by atoms with Gasteiger partial charge in [0.2, 0.25) is 0 Å². The summed E-state index contributed by atoms with van der Waals surface area (Å²) in [7, 11) is 0. The molecule has 1 N–H and O–H groups in total. The van der Waals surface area contributed by atoms with Crippen molar-refractivity contribution in [1.82, 2.24) is 5.32 Å². The van der Waals surface area contributed by atoms with E-state index in [0.29, 0.717) is 11.8 Å². The van der Waals surface area contributed by atoms with E-state index in [1.54, 1.807) is 6.07 Å². The molecule has 0 saturated heterocycles. The molecule has 20 heavy (non-hydrogen) atoms. The van der Waals surface area contributed by atoms with E-state index < -0.39 is 0 Å². The minimum absolute atomic E-state index is 0.157. The molecule has 2 aliphatic rings. The van der Waals surface area contributed by atoms with Gasteiger partial charge in [0.1, 0.15) is 6.10 Å². The number of benzene rings is 1. The summed E-state index contributed by atoms with van der Waals surface area (Å²) in [4.78, 5) is 0. The van der Waals surface area contributed by atoms with E-state index in [0.717, 1.165) is 17.4 Å². The molecule has 2 nitrogen and oxygen atoms in total. The fourth-order valence-corrected chi connectivity index (χ4v) is 4.21. The van der Waals surface area contributed by atoms with E-state index in [1.165, 1.54) is 31.7 Å². The van der Waals surface area contributed by atoms with Crippen molar-refractivity contribution < 1.29 is 9.13 Å². The van der Waals surface area contributed by atoms with Crippen LogP contribution in [-0.2, 0) is 0 Å². The number of hydrogen-bond acceptors (Lipinski definition) is 2. The van der Waals surface area contributed by atoms with Gasteiger partial charge in [0.15, 0.2) is 11.6 Å². The van der Waals surface area contributed by atoms with Gasteiger partial charge in [-0.3, -0.25) is 0 Å². The lowest BCUT2D eigenvalue weighted by Crippen LogP contribution is -2.63. The first-order valence-corrected chi connectivity index (χ1v) is 8.30. The zero-order valence-corrected chi connectivity index (χ0v) is 13.4. The lowest BCUT2D eigenvalue weighted by Gasteiger charge is -2.54. The molecule has 2 aliphatic carbocycles. The van der Waals surface area contributed by atoms with Gasteiger partial charge < -0.3 is 10.1 Å². The topological polar surface area (TPSA) is 21.3 Å². The van der Waals surface area contributed by atoms with Crippen molar-refractivity contribution in [3.8, 4) is 5.75 Å². The molecule has 4 heteroatoms. The van der Waals surface area contributed by atoms with Crippen molar-refractivity contribution in [1.29, 1.82) is 0 Å². The lowest BCUT2D eigenvalue weighted by atomic mass is 9.60. The summed E-state index contributed by atoms with van der Waals surface area (Å²) in [6.45, 7) is 3.14. The minimum Gasteiger partial charge on any atom is -0.487 e. The molecule has 110 valence electrons. The van der Waals surface area contributed by atoms with Crippen LogP contribution < -0.4 is 10.1 Å². The minimum atomic E-state index is -0.278. The van der Waals surface area contributed by atoms with Gasteiger partial charge in [-0.1, -0.05) is 35.7 Å². The van der Waals surface area contributed by atoms with Crippen LogP contribution in [0.3, 0.4) is 0 Å². The summed E-state index contributed by atoms with van der Waals surface area (Å²) in [6, 6.07) is 5.57. The highest BCUT2D eigenvalue weighted by atomic mass is 79.9. The number of ether oxygens (including phenoxy) is 1. The first-order chi connectivity index (χ1) is 9.65. The van der Waals surface area contributed by atoms with Gasteiger partial charge in [0.25, 0.3) is 0 Å². The molecule has 0 bridgehead atoms. The van der Waals surface area contributed by atoms with Gasteiger partial charge in [0, 0.05) is 22.4 Å². The van der Waals surface area contributed by atoms with Gasteiger partial charge >= 0.3 is 0 Å². The molecule has 1 aromatic carbocycles. The van der Waals surface area contributed by atoms with Gasteiger partial charge in [-0.2, -0.15) is 0 Å². The molecule has 0 aromatic heterocycles. The molecule has 1 spiro atoms. The van der Waals surface area contributed by atoms with Crippen molar-refractivity contribution in [2.75, 3.05) is 6.54 Å². The second kappa shape index (κ2) is 5.64. The Morgan fingerprint density at radius 2 is 2.15 bits per heavy atom. The van der Waals surface area contributed by atoms with Crippen molar-refractivity contribution in [3.63, 3.8) is 0 Å². The number of rotatable bonds is 4. The van der Waals surface area contributed by atoms with Gasteiger partial charge in [0.05, 0.1) is 0 Å². The Bertz CT molecular complexity index is 487. The van der Waals surface area contributed by atoms with Crippen molar-refractivity contribution in [2.45, 2.75) is 51.2 Å². The zero-order valence-electron chi connectivity index (χ0n) is 11.8. The van der Waals surface area contributed by atoms with Crippen LogP contribution in [0.2, 0.25) is 0 Å². The smallest absolute Gasteiger partial charge is 0.166 e. The van der Waals surface area contributed by atoms with Gasteiger partial charge in [-0.05, 0) is 37.6 Å². The van der Waals surface area contributed by atoms with E-state index in [-0.39, 0.29) is 17.3 Å². The van der Waals surface area contributed by atoms with E-state index in [1.807, 2.05) is 6.07 Å². The van der Waals surface area contributed by atoms with Crippen LogP contribution in [0.4, 0.5) is 4.39 Å². The van der Waals surface area contributed by atoms with Gasteiger partial charge in [-0.15, -0.1) is 0 Å². The maximum atomic E-state index is 13.9. The fourth-order valence-electron chi connectivity index (χ4n) is 3.87. The highest BCUT2D eigenvalue weighted by Crippen LogP contribution is 2.54. The summed E-state index contributed by atoms with van der Waals surface area (Å²) >= 11 is 3.28. The first-order valence-electron chi connectivity index (χ1n) is 7.51. The van der Waals surface area contributed by atoms with Crippen LogP contribution in [-0.4, -0.2) is 18.7 Å². The van der Waals surface area contributed by atoms with Crippen molar-refractivity contribution >= 4 is 15.9 Å². The maximum absolute atomic E-state index is 13.9. The third-order valence-corrected chi connectivity index (χ3v) is 5.43. The molecule has 2 atom stereocenters. The third kappa shape index (κ3) is 2.37. The average molecular weight is 342 g/mol. The maximum Gasteiger partial charge on any atom is 0.166 e. The molecule has 3 rings (SSSR count). The van der Waals surface area contributed by atoms with E-state index in [4.69, 9.17) is 4.74 Å². The van der Waals surface area contributed by atoms with Crippen LogP contribution in [0.5, 0.6) is 5.75 Å². The van der Waals surface area contributed by atoms with E-state index in [9.17, 15) is 4.39 Å². The Hall–Kier alpha value is -0.610. The Labute approximate surface area is 128 Å². The standard InChI is InChI=1S/C16H21BrFNO/c1-2-19-14-10-15(16(14)7-3-4-8-16)20-13-6-5-11(17)9-12(13)18/h5-6,9,14-15,19H,2-4,7-8,10H2,1H3. The second-order valence-electron chi connectivity index (χ2n) is 5.97. The number of halogens is 2. The Morgan fingerprint density at radius 3 is 2.80 bits per heavy atom. The van der Waals surface area contributed by atoms with E-state index >= 15 is 0 Å². The fraction of sp³-hybridized carbons (Fsp3) is 0.625. The predicted molar refractivity (Wildman–Crippen MR) is 81.5 cm³/mol. The highest BCUT2D eigenvalue weighted by molar-refractivity contribution is 9.10. The van der Waals surface area contributed by atoms with Crippen LogP contribution in [0, 0.1) is 11.2 Å². The van der Waals surface area contributed by atoms with Crippen LogP contribution in [0.1, 0.15) is 39.0 Å². The molecule has 0 aliphatic heterocycles. The predicted octanol–water partition coefficient (Wildman–Crippen LogP) is 4.28. The van der Waals surface area contributed by atoms with E-state index in [2.05, 4.69) is 28.2 Å². The molecule has 2 fully saturated rings. The zero-order chi connectivity index (χ0) is 14.2. The van der Waals surface area contributed by atoms with Crippen molar-refractivity contribution in [2.24, 2.45) is 5.41 Å². The SMILES string of the molecule is CCNC1CC(Oc2ccc(Br)cc2F)C12CCCC2. The second-order valence-corrected chi connectivity index (χ2v) is 6.88. The van der Waals surface area contributed by atoms with Crippen molar-refractivity contribution in [3.05, 3.63) is 28.5 Å². The first kappa shape index (κ1) is 14.3. The molecule has 0 amide bonds. The van der Waals surface area contributed by atoms with Crippen LogP contribution in [0.25, 0.3) is 0 Å². The summed E-state index contributed by atoms with van der Waals surface area (Å²) in [5.74, 6) is 0.110. The normalized spacial score (nSPS) is 27.6. The molecular weight excluding hydrogens is 321 g/mol. The summed E-state index contributed by atoms with van der Waals surface area (Å²) < 4.78 is 20.7. The molecular formula is C16H21BrFNO. The molecule has 0 radical (unpaired) electrons. The third-order valence-electron chi connectivity index (χ3n) is 4.93. The molecule has 0 heterocycles. The molecule has 2 saturated carbocycles. The number of nitrogens with one attached hydrogen (secondary N) is 1. The Kier molecular flexibility index (Phi) is 4.04.